The third kappa shape index (κ3) is 4.41. The summed E-state index contributed by atoms with van der Waals surface area (Å²) in [6, 6.07) is 2.03. The minimum absolute atomic E-state index is 0.308. The van der Waals surface area contributed by atoms with Gasteiger partial charge in [-0.2, -0.15) is 15.2 Å². The second kappa shape index (κ2) is 8.23. The Kier molecular flexibility index (Phi) is 5.91. The first kappa shape index (κ1) is 20.8. The molecule has 0 atom stereocenters. The van der Waals surface area contributed by atoms with E-state index < -0.39 is 0 Å². The molecule has 8 heteroatoms. The predicted octanol–water partition coefficient (Wildman–Crippen LogP) is 3.52. The Bertz CT molecular complexity index is 938. The van der Waals surface area contributed by atoms with Gasteiger partial charge in [0, 0.05) is 55.8 Å². The lowest BCUT2D eigenvalue weighted by Gasteiger charge is -2.13. The molecule has 0 fully saturated rings. The van der Waals surface area contributed by atoms with Crippen LogP contribution in [0.2, 0.25) is 0 Å². The van der Waals surface area contributed by atoms with Crippen LogP contribution in [0.3, 0.4) is 0 Å². The molecule has 0 amide bonds. The molecule has 3 aromatic heterocycles. The average molecular weight is 397 g/mol. The van der Waals surface area contributed by atoms with Crippen molar-refractivity contribution < 1.29 is 0 Å². The molecule has 0 bridgehead atoms. The standard InChI is InChI=1S/C21H32N8/c1-12(2)19-9-20(22-10-17-13(3)26-28(7)15(17)5)25-21(24-19)23-11-18-14(4)27-29(8)16(18)6/h9,12H,10-11H2,1-8H3,(H2,22,23,24,25). The van der Waals surface area contributed by atoms with Crippen LogP contribution in [-0.2, 0) is 27.2 Å². The van der Waals surface area contributed by atoms with Gasteiger partial charge in [0.1, 0.15) is 5.82 Å². The molecular formula is C21H32N8. The first-order chi connectivity index (χ1) is 13.7. The van der Waals surface area contributed by atoms with Crippen molar-refractivity contribution in [1.29, 1.82) is 0 Å². The molecule has 0 saturated carbocycles. The molecule has 3 heterocycles. The maximum absolute atomic E-state index is 4.70. The number of aryl methyl sites for hydroxylation is 4. The van der Waals surface area contributed by atoms with Gasteiger partial charge in [-0.05, 0) is 33.6 Å². The van der Waals surface area contributed by atoms with Crippen LogP contribution in [0.25, 0.3) is 0 Å². The van der Waals surface area contributed by atoms with Crippen molar-refractivity contribution in [2.24, 2.45) is 14.1 Å². The molecule has 156 valence electrons. The van der Waals surface area contributed by atoms with Crippen LogP contribution in [0.4, 0.5) is 11.8 Å². The normalized spacial score (nSPS) is 11.3. The molecule has 0 spiro atoms. The smallest absolute Gasteiger partial charge is 0.225 e. The third-order valence-electron chi connectivity index (χ3n) is 5.52. The summed E-state index contributed by atoms with van der Waals surface area (Å²) in [5, 5.41) is 15.8. The van der Waals surface area contributed by atoms with Gasteiger partial charge in [0.05, 0.1) is 17.1 Å². The molecule has 3 aromatic rings. The molecule has 0 aliphatic heterocycles. The summed E-state index contributed by atoms with van der Waals surface area (Å²) in [5.74, 6) is 1.75. The topological polar surface area (TPSA) is 85.5 Å². The molecule has 29 heavy (non-hydrogen) atoms. The number of hydrogen-bond acceptors (Lipinski definition) is 6. The SMILES string of the molecule is Cc1nn(C)c(C)c1CNc1cc(C(C)C)nc(NCc2c(C)nn(C)c2C)n1. The van der Waals surface area contributed by atoms with Crippen molar-refractivity contribution in [3.63, 3.8) is 0 Å². The van der Waals surface area contributed by atoms with Gasteiger partial charge < -0.3 is 10.6 Å². The van der Waals surface area contributed by atoms with Gasteiger partial charge >= 0.3 is 0 Å². The molecule has 0 aliphatic rings. The van der Waals surface area contributed by atoms with E-state index in [1.54, 1.807) is 0 Å². The number of nitrogens with one attached hydrogen (secondary N) is 2. The molecule has 3 rings (SSSR count). The number of hydrogen-bond donors (Lipinski definition) is 2. The van der Waals surface area contributed by atoms with Crippen LogP contribution < -0.4 is 10.6 Å². The summed E-state index contributed by atoms with van der Waals surface area (Å²) in [5.41, 5.74) is 7.76. The average Bonchev–Trinajstić information content (AvgIpc) is 3.05. The Balaban J connectivity index is 1.80. The van der Waals surface area contributed by atoms with Crippen molar-refractivity contribution in [3.8, 4) is 0 Å². The molecule has 0 aromatic carbocycles. The van der Waals surface area contributed by atoms with Gasteiger partial charge in [0.15, 0.2) is 0 Å². The highest BCUT2D eigenvalue weighted by Gasteiger charge is 2.13. The third-order valence-corrected chi connectivity index (χ3v) is 5.52. The second-order valence-electron chi connectivity index (χ2n) is 7.91. The number of rotatable bonds is 7. The van der Waals surface area contributed by atoms with Crippen molar-refractivity contribution in [1.82, 2.24) is 29.5 Å². The van der Waals surface area contributed by atoms with Gasteiger partial charge in [-0.15, -0.1) is 0 Å². The Hall–Kier alpha value is -2.90. The predicted molar refractivity (Wildman–Crippen MR) is 116 cm³/mol. The first-order valence-electron chi connectivity index (χ1n) is 10.0. The Labute approximate surface area is 172 Å². The summed E-state index contributed by atoms with van der Waals surface area (Å²) in [6.07, 6.45) is 0. The van der Waals surface area contributed by atoms with Gasteiger partial charge in [-0.1, -0.05) is 13.8 Å². The fraction of sp³-hybridized carbons (Fsp3) is 0.524. The van der Waals surface area contributed by atoms with Crippen LogP contribution in [0.5, 0.6) is 0 Å². The van der Waals surface area contributed by atoms with Crippen LogP contribution in [0.15, 0.2) is 6.07 Å². The monoisotopic (exact) mass is 396 g/mol. The summed E-state index contributed by atoms with van der Waals surface area (Å²) in [7, 11) is 3.93. The number of aromatic nitrogens is 6. The van der Waals surface area contributed by atoms with E-state index in [9.17, 15) is 0 Å². The van der Waals surface area contributed by atoms with Crippen molar-refractivity contribution in [2.45, 2.75) is 60.5 Å². The van der Waals surface area contributed by atoms with Crippen LogP contribution in [0.1, 0.15) is 59.4 Å². The van der Waals surface area contributed by atoms with Crippen molar-refractivity contribution in [3.05, 3.63) is 45.7 Å². The fourth-order valence-electron chi connectivity index (χ4n) is 3.42. The zero-order valence-corrected chi connectivity index (χ0v) is 18.8. The zero-order valence-electron chi connectivity index (χ0n) is 18.8. The largest absolute Gasteiger partial charge is 0.366 e. The van der Waals surface area contributed by atoms with E-state index in [2.05, 4.69) is 48.5 Å². The molecule has 0 radical (unpaired) electrons. The van der Waals surface area contributed by atoms with E-state index in [1.807, 2.05) is 43.4 Å². The van der Waals surface area contributed by atoms with E-state index in [-0.39, 0.29) is 0 Å². The van der Waals surface area contributed by atoms with Gasteiger partial charge in [-0.25, -0.2) is 4.98 Å². The van der Waals surface area contributed by atoms with E-state index in [0.29, 0.717) is 25.0 Å². The zero-order chi connectivity index (χ0) is 21.3. The van der Waals surface area contributed by atoms with E-state index >= 15 is 0 Å². The molecular weight excluding hydrogens is 364 g/mol. The first-order valence-corrected chi connectivity index (χ1v) is 10.0. The van der Waals surface area contributed by atoms with Crippen molar-refractivity contribution >= 4 is 11.8 Å². The Morgan fingerprint density at radius 3 is 1.79 bits per heavy atom. The van der Waals surface area contributed by atoms with E-state index in [1.165, 1.54) is 11.1 Å². The van der Waals surface area contributed by atoms with Crippen LogP contribution >= 0.6 is 0 Å². The second-order valence-corrected chi connectivity index (χ2v) is 7.91. The minimum Gasteiger partial charge on any atom is -0.366 e. The van der Waals surface area contributed by atoms with Gasteiger partial charge in [0.25, 0.3) is 0 Å². The highest BCUT2D eigenvalue weighted by atomic mass is 15.3. The molecule has 0 aliphatic carbocycles. The summed E-state index contributed by atoms with van der Waals surface area (Å²) in [4.78, 5) is 9.39. The maximum Gasteiger partial charge on any atom is 0.225 e. The van der Waals surface area contributed by atoms with Crippen molar-refractivity contribution in [2.75, 3.05) is 10.6 Å². The minimum atomic E-state index is 0.308. The molecule has 0 unspecified atom stereocenters. The van der Waals surface area contributed by atoms with E-state index in [4.69, 9.17) is 9.97 Å². The van der Waals surface area contributed by atoms with E-state index in [0.717, 1.165) is 34.3 Å². The lowest BCUT2D eigenvalue weighted by Crippen LogP contribution is -2.11. The maximum atomic E-state index is 4.70. The number of nitrogens with zero attached hydrogens (tertiary/aromatic N) is 6. The summed E-state index contributed by atoms with van der Waals surface area (Å²) in [6.45, 7) is 13.8. The quantitative estimate of drug-likeness (QED) is 0.635. The molecule has 2 N–H and O–H groups in total. The lowest BCUT2D eigenvalue weighted by atomic mass is 10.1. The van der Waals surface area contributed by atoms with Crippen LogP contribution in [-0.4, -0.2) is 29.5 Å². The fourth-order valence-corrected chi connectivity index (χ4v) is 3.42. The number of anilines is 2. The molecule has 8 nitrogen and oxygen atoms in total. The summed E-state index contributed by atoms with van der Waals surface area (Å²) >= 11 is 0. The summed E-state index contributed by atoms with van der Waals surface area (Å²) < 4.78 is 3.82. The van der Waals surface area contributed by atoms with Gasteiger partial charge in [-0.3, -0.25) is 9.36 Å². The lowest BCUT2D eigenvalue weighted by molar-refractivity contribution is 0.730. The molecule has 0 saturated heterocycles. The Morgan fingerprint density at radius 1 is 0.828 bits per heavy atom. The highest BCUT2D eigenvalue weighted by molar-refractivity contribution is 5.45. The van der Waals surface area contributed by atoms with Crippen LogP contribution in [0, 0.1) is 27.7 Å². The Morgan fingerprint density at radius 2 is 1.34 bits per heavy atom. The highest BCUT2D eigenvalue weighted by Crippen LogP contribution is 2.21. The van der Waals surface area contributed by atoms with Gasteiger partial charge in [0.2, 0.25) is 5.95 Å².